The van der Waals surface area contributed by atoms with Gasteiger partial charge < -0.3 is 21.4 Å². The Kier molecular flexibility index (Phi) is 5.73. The number of aromatic nitrogens is 2. The molecule has 0 aliphatic carbocycles. The topological polar surface area (TPSA) is 120 Å². The number of hydrogen-bond acceptors (Lipinski definition) is 5. The van der Waals surface area contributed by atoms with E-state index in [2.05, 4.69) is 20.6 Å². The monoisotopic (exact) mass is 460 g/mol. The molecule has 0 unspecified atom stereocenters. The number of pyridine rings is 1. The molecule has 1 aliphatic rings. The average Bonchev–Trinajstić information content (AvgIpc) is 3.19. The molecule has 172 valence electrons. The molecule has 7 heteroatoms. The fourth-order valence-electron chi connectivity index (χ4n) is 3.99. The van der Waals surface area contributed by atoms with E-state index < -0.39 is 0 Å². The van der Waals surface area contributed by atoms with Crippen LogP contribution in [-0.2, 0) is 0 Å². The number of benzene rings is 2. The predicted octanol–water partition coefficient (Wildman–Crippen LogP) is 4.64. The van der Waals surface area contributed by atoms with Crippen molar-refractivity contribution in [2.75, 3.05) is 5.73 Å². The second kappa shape index (κ2) is 9.15. The smallest absolute Gasteiger partial charge is 0.255 e. The Bertz CT molecular complexity index is 1540. The highest BCUT2D eigenvalue weighted by atomic mass is 16.1. The lowest BCUT2D eigenvalue weighted by Crippen LogP contribution is -2.21. The lowest BCUT2D eigenvalue weighted by Gasteiger charge is -2.10. The van der Waals surface area contributed by atoms with Crippen LogP contribution in [0.3, 0.4) is 0 Å². The number of nitrogens with two attached hydrogens (primary N) is 1. The van der Waals surface area contributed by atoms with E-state index >= 15 is 0 Å². The van der Waals surface area contributed by atoms with Crippen LogP contribution >= 0.6 is 0 Å². The van der Waals surface area contributed by atoms with Gasteiger partial charge in [0, 0.05) is 57.5 Å². The summed E-state index contributed by atoms with van der Waals surface area (Å²) in [5.74, 6) is 0.0748. The molecule has 2 aromatic carbocycles. The number of aryl methyl sites for hydroxylation is 1. The molecule has 0 atom stereocenters. The number of nitrogens with zero attached hydrogens (tertiary/aromatic N) is 1. The molecule has 7 nitrogen and oxygen atoms in total. The van der Waals surface area contributed by atoms with E-state index in [1.165, 1.54) is 0 Å². The van der Waals surface area contributed by atoms with Crippen molar-refractivity contribution in [3.05, 3.63) is 125 Å². The summed E-state index contributed by atoms with van der Waals surface area (Å²) in [5.41, 5.74) is 12.5. The minimum atomic E-state index is -0.199. The lowest BCUT2D eigenvalue weighted by atomic mass is 10.0. The van der Waals surface area contributed by atoms with Gasteiger partial charge in [0.1, 0.15) is 5.82 Å². The second-order valence-corrected chi connectivity index (χ2v) is 8.27. The number of amides is 1. The first kappa shape index (κ1) is 21.9. The van der Waals surface area contributed by atoms with Gasteiger partial charge in [-0.25, -0.2) is 4.98 Å². The van der Waals surface area contributed by atoms with Gasteiger partial charge in [0.2, 0.25) is 0 Å². The van der Waals surface area contributed by atoms with Crippen LogP contribution in [-0.4, -0.2) is 21.6 Å². The zero-order valence-corrected chi connectivity index (χ0v) is 19.1. The Morgan fingerprint density at radius 3 is 2.71 bits per heavy atom. The van der Waals surface area contributed by atoms with E-state index in [0.717, 1.165) is 27.6 Å². The molecule has 1 aliphatic heterocycles. The van der Waals surface area contributed by atoms with Crippen LogP contribution < -0.4 is 16.4 Å². The van der Waals surface area contributed by atoms with Gasteiger partial charge >= 0.3 is 0 Å². The number of rotatable bonds is 5. The number of fused-ring (bicyclic) bond motifs is 1. The molecule has 0 spiro atoms. The molecule has 0 saturated heterocycles. The highest BCUT2D eigenvalue weighted by molar-refractivity contribution is 6.14. The van der Waals surface area contributed by atoms with Crippen LogP contribution in [0, 0.1) is 12.3 Å². The molecule has 1 amide bonds. The Labute approximate surface area is 202 Å². The largest absolute Gasteiger partial charge is 0.383 e. The van der Waals surface area contributed by atoms with Crippen LogP contribution in [0.15, 0.2) is 97.1 Å². The third kappa shape index (κ3) is 4.47. The lowest BCUT2D eigenvalue weighted by molar-refractivity contribution is 0.0967. The van der Waals surface area contributed by atoms with Crippen molar-refractivity contribution in [3.63, 3.8) is 0 Å². The maximum Gasteiger partial charge on any atom is 0.255 e. The normalized spacial score (nSPS) is 12.9. The molecule has 0 saturated carbocycles. The van der Waals surface area contributed by atoms with Crippen molar-refractivity contribution in [1.29, 1.82) is 5.41 Å². The number of aromatic amines is 1. The molecule has 6 N–H and O–H groups in total. The quantitative estimate of drug-likeness (QED) is 0.279. The zero-order chi connectivity index (χ0) is 24.4. The Morgan fingerprint density at radius 1 is 1.09 bits per heavy atom. The molecule has 5 rings (SSSR count). The maximum absolute atomic E-state index is 12.6. The zero-order valence-electron chi connectivity index (χ0n) is 19.1. The van der Waals surface area contributed by atoms with E-state index in [0.29, 0.717) is 22.5 Å². The highest BCUT2D eigenvalue weighted by Gasteiger charge is 2.16. The van der Waals surface area contributed by atoms with Gasteiger partial charge in [-0.05, 0) is 48.9 Å². The SMILES string of the molecule is Cc1cccc2cc(C(=N)c3cc(C4=CNC=CC(NC(=O)c5ccccc5)=C4)cnc3N)[nH]c12. The molecule has 4 aromatic rings. The Morgan fingerprint density at radius 2 is 1.91 bits per heavy atom. The summed E-state index contributed by atoms with van der Waals surface area (Å²) in [7, 11) is 0. The fraction of sp³-hybridized carbons (Fsp3) is 0.0357. The Balaban J connectivity index is 1.45. The van der Waals surface area contributed by atoms with Crippen molar-refractivity contribution in [2.24, 2.45) is 0 Å². The molecular weight excluding hydrogens is 436 g/mol. The van der Waals surface area contributed by atoms with E-state index in [-0.39, 0.29) is 17.4 Å². The van der Waals surface area contributed by atoms with Crippen LogP contribution in [0.25, 0.3) is 16.5 Å². The van der Waals surface area contributed by atoms with Gasteiger partial charge in [-0.1, -0.05) is 36.4 Å². The van der Waals surface area contributed by atoms with Gasteiger partial charge in [-0.3, -0.25) is 10.2 Å². The first-order valence-electron chi connectivity index (χ1n) is 11.1. The molecule has 0 fully saturated rings. The van der Waals surface area contributed by atoms with Gasteiger partial charge in [0.05, 0.1) is 11.4 Å². The van der Waals surface area contributed by atoms with Gasteiger partial charge in [0.25, 0.3) is 5.91 Å². The molecule has 3 heterocycles. The molecule has 0 bridgehead atoms. The third-order valence-corrected chi connectivity index (χ3v) is 5.86. The van der Waals surface area contributed by atoms with E-state index in [9.17, 15) is 4.79 Å². The van der Waals surface area contributed by atoms with Crippen LogP contribution in [0.1, 0.15) is 32.7 Å². The van der Waals surface area contributed by atoms with Crippen molar-refractivity contribution >= 4 is 33.9 Å². The van der Waals surface area contributed by atoms with Crippen LogP contribution in [0.4, 0.5) is 5.82 Å². The minimum absolute atomic E-state index is 0.199. The van der Waals surface area contributed by atoms with Crippen LogP contribution in [0.5, 0.6) is 0 Å². The highest BCUT2D eigenvalue weighted by Crippen LogP contribution is 2.25. The summed E-state index contributed by atoms with van der Waals surface area (Å²) in [6, 6.07) is 18.9. The standard InChI is InChI=1S/C28H24N6O/c1-17-6-5-9-19-14-24(34-26(17)19)25(29)23-13-21(16-32-27(23)30)20-12-22(10-11-31-15-20)33-28(35)18-7-3-2-4-8-18/h2-16,29,31,34H,1H3,(H2,30,32)(H,33,35). The number of hydrogen-bond donors (Lipinski definition) is 5. The molecule has 0 radical (unpaired) electrons. The first-order chi connectivity index (χ1) is 17.0. The number of carbonyl (C=O) groups is 1. The summed E-state index contributed by atoms with van der Waals surface area (Å²) in [6.45, 7) is 2.03. The van der Waals surface area contributed by atoms with Crippen molar-refractivity contribution in [2.45, 2.75) is 6.92 Å². The summed E-state index contributed by atoms with van der Waals surface area (Å²) >= 11 is 0. The van der Waals surface area contributed by atoms with Crippen molar-refractivity contribution in [3.8, 4) is 0 Å². The number of anilines is 1. The first-order valence-corrected chi connectivity index (χ1v) is 11.1. The predicted molar refractivity (Wildman–Crippen MR) is 140 cm³/mol. The molecular formula is C28H24N6O. The minimum Gasteiger partial charge on any atom is -0.383 e. The number of nitrogen functional groups attached to an aromatic ring is 1. The third-order valence-electron chi connectivity index (χ3n) is 5.86. The van der Waals surface area contributed by atoms with Crippen molar-refractivity contribution < 1.29 is 4.79 Å². The van der Waals surface area contributed by atoms with E-state index in [1.807, 2.05) is 67.7 Å². The number of allylic oxidation sites excluding steroid dienone is 3. The second-order valence-electron chi connectivity index (χ2n) is 8.27. The average molecular weight is 461 g/mol. The summed E-state index contributed by atoms with van der Waals surface area (Å²) in [4.78, 5) is 20.3. The fourth-order valence-corrected chi connectivity index (χ4v) is 3.99. The maximum atomic E-state index is 12.6. The van der Waals surface area contributed by atoms with Gasteiger partial charge in [-0.15, -0.1) is 0 Å². The number of para-hydroxylation sites is 1. The van der Waals surface area contributed by atoms with Crippen molar-refractivity contribution in [1.82, 2.24) is 20.6 Å². The van der Waals surface area contributed by atoms with Crippen LogP contribution in [0.2, 0.25) is 0 Å². The summed E-state index contributed by atoms with van der Waals surface area (Å²) in [5, 5.41) is 15.9. The van der Waals surface area contributed by atoms with Gasteiger partial charge in [0.15, 0.2) is 0 Å². The number of carbonyl (C=O) groups excluding carboxylic acids is 1. The van der Waals surface area contributed by atoms with Gasteiger partial charge in [-0.2, -0.15) is 0 Å². The summed E-state index contributed by atoms with van der Waals surface area (Å²) in [6.07, 6.45) is 8.85. The summed E-state index contributed by atoms with van der Waals surface area (Å²) < 4.78 is 0. The van der Waals surface area contributed by atoms with E-state index in [4.69, 9.17) is 11.1 Å². The molecule has 2 aromatic heterocycles. The Hall–Kier alpha value is -4.91. The molecule has 35 heavy (non-hydrogen) atoms. The van der Waals surface area contributed by atoms with E-state index in [1.54, 1.807) is 30.6 Å². The number of nitrogens with one attached hydrogen (secondary N) is 4. The number of H-pyrrole nitrogens is 1.